The molecule has 1 aromatic rings. The average molecular weight is 291 g/mol. The molecule has 0 bridgehead atoms. The molecule has 0 saturated heterocycles. The fraction of sp³-hybridized carbons (Fsp3) is 0.556. The van der Waals surface area contributed by atoms with Crippen molar-refractivity contribution in [2.45, 2.75) is 46.7 Å². The van der Waals surface area contributed by atoms with Gasteiger partial charge in [-0.05, 0) is 37.5 Å². The Morgan fingerprint density at radius 3 is 2.52 bits per heavy atom. The summed E-state index contributed by atoms with van der Waals surface area (Å²) in [7, 11) is 0. The van der Waals surface area contributed by atoms with E-state index in [1.807, 2.05) is 6.07 Å². The Bertz CT molecular complexity index is 500. The molecule has 2 nitrogen and oxygen atoms in total. The van der Waals surface area contributed by atoms with Gasteiger partial charge in [-0.25, -0.2) is 4.39 Å². The molecule has 21 heavy (non-hydrogen) atoms. The van der Waals surface area contributed by atoms with E-state index in [1.165, 1.54) is 12.1 Å². The number of aliphatic hydroxyl groups is 1. The van der Waals surface area contributed by atoms with Crippen molar-refractivity contribution < 1.29 is 9.50 Å². The first-order valence-corrected chi connectivity index (χ1v) is 7.56. The largest absolute Gasteiger partial charge is 0.395 e. The molecule has 116 valence electrons. The van der Waals surface area contributed by atoms with Gasteiger partial charge in [0.1, 0.15) is 5.82 Å². The fourth-order valence-corrected chi connectivity index (χ4v) is 2.16. The van der Waals surface area contributed by atoms with E-state index in [0.29, 0.717) is 18.4 Å². The van der Waals surface area contributed by atoms with E-state index in [4.69, 9.17) is 5.11 Å². The Hall–Kier alpha value is -1.37. The number of nitrogens with zero attached hydrogens (tertiary/aromatic N) is 1. The molecule has 0 aliphatic rings. The third-order valence-electron chi connectivity index (χ3n) is 3.24. The molecule has 0 spiro atoms. The van der Waals surface area contributed by atoms with Crippen LogP contribution in [0.15, 0.2) is 18.2 Å². The fourth-order valence-electron chi connectivity index (χ4n) is 2.16. The molecule has 0 atom stereocenters. The van der Waals surface area contributed by atoms with Crippen LogP contribution in [0.4, 0.5) is 4.39 Å². The smallest absolute Gasteiger partial charge is 0.124 e. The molecular formula is C18H26FNO. The van der Waals surface area contributed by atoms with E-state index in [-0.39, 0.29) is 12.4 Å². The molecule has 1 N–H and O–H groups in total. The van der Waals surface area contributed by atoms with Crippen molar-refractivity contribution in [1.29, 1.82) is 0 Å². The quantitative estimate of drug-likeness (QED) is 0.812. The summed E-state index contributed by atoms with van der Waals surface area (Å²) < 4.78 is 13.4. The molecule has 1 rings (SSSR count). The van der Waals surface area contributed by atoms with Crippen LogP contribution in [0.25, 0.3) is 0 Å². The molecule has 0 aliphatic carbocycles. The molecule has 3 heteroatoms. The van der Waals surface area contributed by atoms with Crippen LogP contribution in [0.1, 0.15) is 45.2 Å². The lowest BCUT2D eigenvalue weighted by Gasteiger charge is -2.28. The molecular weight excluding hydrogens is 265 g/mol. The van der Waals surface area contributed by atoms with Crippen LogP contribution in [0.5, 0.6) is 0 Å². The molecule has 0 saturated carbocycles. The Balaban J connectivity index is 2.97. The van der Waals surface area contributed by atoms with Gasteiger partial charge < -0.3 is 5.11 Å². The SMILES string of the molecule is CC(C)CN(Cc1ccc(F)cc1C#CCCO)C(C)C. The van der Waals surface area contributed by atoms with Gasteiger partial charge in [-0.3, -0.25) is 4.90 Å². The lowest BCUT2D eigenvalue weighted by molar-refractivity contribution is 0.189. The molecule has 0 amide bonds. The van der Waals surface area contributed by atoms with Crippen LogP contribution in [-0.2, 0) is 6.54 Å². The summed E-state index contributed by atoms with van der Waals surface area (Å²) in [6, 6.07) is 5.21. The van der Waals surface area contributed by atoms with E-state index >= 15 is 0 Å². The summed E-state index contributed by atoms with van der Waals surface area (Å²) in [6.45, 7) is 10.5. The summed E-state index contributed by atoms with van der Waals surface area (Å²) in [4.78, 5) is 2.37. The minimum absolute atomic E-state index is 0.0309. The topological polar surface area (TPSA) is 23.5 Å². The number of aliphatic hydroxyl groups excluding tert-OH is 1. The van der Waals surface area contributed by atoms with Gasteiger partial charge in [0.2, 0.25) is 0 Å². The first-order chi connectivity index (χ1) is 9.93. The van der Waals surface area contributed by atoms with Crippen molar-refractivity contribution in [1.82, 2.24) is 4.90 Å². The zero-order valence-corrected chi connectivity index (χ0v) is 13.5. The van der Waals surface area contributed by atoms with Crippen molar-refractivity contribution >= 4 is 0 Å². The van der Waals surface area contributed by atoms with Crippen LogP contribution in [-0.4, -0.2) is 29.2 Å². The Morgan fingerprint density at radius 1 is 1.24 bits per heavy atom. The Kier molecular flexibility index (Phi) is 7.42. The van der Waals surface area contributed by atoms with Crippen LogP contribution in [0.3, 0.4) is 0 Å². The van der Waals surface area contributed by atoms with Crippen LogP contribution in [0, 0.1) is 23.6 Å². The van der Waals surface area contributed by atoms with E-state index in [2.05, 4.69) is 44.4 Å². The third kappa shape index (κ3) is 6.29. The summed E-state index contributed by atoms with van der Waals surface area (Å²) in [5.74, 6) is 6.16. The standard InChI is InChI=1S/C18H26FNO/c1-14(2)12-20(15(3)4)13-17-8-9-18(19)11-16(17)7-5-6-10-21/h8-9,11,14-15,21H,6,10,12-13H2,1-4H3. The van der Waals surface area contributed by atoms with Crippen molar-refractivity contribution in [2.24, 2.45) is 5.92 Å². The second-order valence-corrected chi connectivity index (χ2v) is 5.99. The van der Waals surface area contributed by atoms with Crippen LogP contribution < -0.4 is 0 Å². The van der Waals surface area contributed by atoms with Gasteiger partial charge in [-0.15, -0.1) is 0 Å². The van der Waals surface area contributed by atoms with Gasteiger partial charge in [0.15, 0.2) is 0 Å². The predicted molar refractivity (Wildman–Crippen MR) is 85.4 cm³/mol. The number of hydrogen-bond donors (Lipinski definition) is 1. The summed E-state index contributed by atoms with van der Waals surface area (Å²) in [5, 5.41) is 8.80. The molecule has 0 radical (unpaired) electrons. The Morgan fingerprint density at radius 2 is 1.95 bits per heavy atom. The van der Waals surface area contributed by atoms with E-state index in [0.717, 1.165) is 24.2 Å². The van der Waals surface area contributed by atoms with E-state index in [1.54, 1.807) is 0 Å². The normalized spacial score (nSPS) is 11.1. The molecule has 0 fully saturated rings. The molecule has 0 aliphatic heterocycles. The second kappa shape index (κ2) is 8.81. The van der Waals surface area contributed by atoms with Crippen molar-refractivity contribution in [3.05, 3.63) is 35.1 Å². The molecule has 1 aromatic carbocycles. The minimum atomic E-state index is -0.271. The van der Waals surface area contributed by atoms with E-state index < -0.39 is 0 Å². The summed E-state index contributed by atoms with van der Waals surface area (Å²) in [5.41, 5.74) is 1.76. The summed E-state index contributed by atoms with van der Waals surface area (Å²) in [6.07, 6.45) is 0.413. The Labute approximate surface area is 128 Å². The zero-order valence-electron chi connectivity index (χ0n) is 13.5. The molecule has 0 unspecified atom stereocenters. The molecule has 0 heterocycles. The highest BCUT2D eigenvalue weighted by Crippen LogP contribution is 2.16. The van der Waals surface area contributed by atoms with Gasteiger partial charge in [0.25, 0.3) is 0 Å². The highest BCUT2D eigenvalue weighted by atomic mass is 19.1. The van der Waals surface area contributed by atoms with Crippen molar-refractivity contribution in [3.8, 4) is 11.8 Å². The van der Waals surface area contributed by atoms with Gasteiger partial charge in [0.05, 0.1) is 6.61 Å². The number of hydrogen-bond acceptors (Lipinski definition) is 2. The third-order valence-corrected chi connectivity index (χ3v) is 3.24. The van der Waals surface area contributed by atoms with Crippen molar-refractivity contribution in [2.75, 3.05) is 13.2 Å². The van der Waals surface area contributed by atoms with Gasteiger partial charge in [-0.2, -0.15) is 0 Å². The first kappa shape index (κ1) is 17.7. The number of benzene rings is 1. The average Bonchev–Trinajstić information content (AvgIpc) is 2.40. The number of rotatable bonds is 6. The van der Waals surface area contributed by atoms with E-state index in [9.17, 15) is 4.39 Å². The minimum Gasteiger partial charge on any atom is -0.395 e. The first-order valence-electron chi connectivity index (χ1n) is 7.56. The second-order valence-electron chi connectivity index (χ2n) is 5.99. The summed E-state index contributed by atoms with van der Waals surface area (Å²) >= 11 is 0. The van der Waals surface area contributed by atoms with Crippen LogP contribution in [0.2, 0.25) is 0 Å². The highest BCUT2D eigenvalue weighted by molar-refractivity contribution is 5.41. The van der Waals surface area contributed by atoms with Crippen LogP contribution >= 0.6 is 0 Å². The predicted octanol–water partition coefficient (Wildman–Crippen LogP) is 3.43. The maximum Gasteiger partial charge on any atom is 0.124 e. The maximum atomic E-state index is 13.4. The lowest BCUT2D eigenvalue weighted by Crippen LogP contribution is -2.33. The van der Waals surface area contributed by atoms with Crippen molar-refractivity contribution in [3.63, 3.8) is 0 Å². The maximum absolute atomic E-state index is 13.4. The monoisotopic (exact) mass is 291 g/mol. The number of halogens is 1. The zero-order chi connectivity index (χ0) is 15.8. The van der Waals surface area contributed by atoms with Gasteiger partial charge >= 0.3 is 0 Å². The lowest BCUT2D eigenvalue weighted by atomic mass is 10.0. The van der Waals surface area contributed by atoms with Gasteiger partial charge in [-0.1, -0.05) is 31.8 Å². The molecule has 0 aromatic heterocycles. The highest BCUT2D eigenvalue weighted by Gasteiger charge is 2.13. The van der Waals surface area contributed by atoms with Gasteiger partial charge in [0, 0.05) is 31.1 Å².